The summed E-state index contributed by atoms with van der Waals surface area (Å²) < 4.78 is 37.9. The van der Waals surface area contributed by atoms with Crippen LogP contribution in [0.3, 0.4) is 0 Å². The monoisotopic (exact) mass is 399 g/mol. The average molecular weight is 400 g/mol. The van der Waals surface area contributed by atoms with Crippen LogP contribution in [0, 0.1) is 5.92 Å². The van der Waals surface area contributed by atoms with Gasteiger partial charge in [-0.25, -0.2) is 0 Å². The second-order valence-electron chi connectivity index (χ2n) is 6.83. The number of piperidine rings is 1. The van der Waals surface area contributed by atoms with E-state index in [9.17, 15) is 13.2 Å². The molecule has 1 aromatic carbocycles. The first-order valence-corrected chi connectivity index (χ1v) is 10.3. The van der Waals surface area contributed by atoms with Crippen LogP contribution in [0.5, 0.6) is 11.5 Å². The third-order valence-electron chi connectivity index (χ3n) is 4.80. The summed E-state index contributed by atoms with van der Waals surface area (Å²) in [4.78, 5) is 12.8. The molecule has 1 amide bonds. The van der Waals surface area contributed by atoms with Crippen molar-refractivity contribution in [3.8, 4) is 11.5 Å². The summed E-state index contributed by atoms with van der Waals surface area (Å²) in [6.07, 6.45) is 1.31. The smallest absolute Gasteiger partial charge is 0.281 e. The standard InChI is InChI=1S/C18H29N3O5S/c1-13(16-11-15(25-4)8-9-17(16)26-5)19-18(22)14-7-6-10-21(12-14)27(23,24)20(2)3/h8-9,11,13-14H,6-7,10,12H2,1-5H3,(H,19,22). The first kappa shape index (κ1) is 21.5. The lowest BCUT2D eigenvalue weighted by Gasteiger charge is -2.33. The van der Waals surface area contributed by atoms with Crippen molar-refractivity contribution in [1.29, 1.82) is 0 Å². The number of rotatable bonds is 7. The summed E-state index contributed by atoms with van der Waals surface area (Å²) in [5.41, 5.74) is 0.804. The van der Waals surface area contributed by atoms with Crippen molar-refractivity contribution in [2.24, 2.45) is 5.92 Å². The van der Waals surface area contributed by atoms with Crippen molar-refractivity contribution in [2.45, 2.75) is 25.8 Å². The Kier molecular flexibility index (Phi) is 7.07. The topological polar surface area (TPSA) is 88.2 Å². The zero-order valence-corrected chi connectivity index (χ0v) is 17.4. The van der Waals surface area contributed by atoms with Crippen molar-refractivity contribution in [3.05, 3.63) is 23.8 Å². The molecule has 1 saturated heterocycles. The normalized spacial score (nSPS) is 19.6. The minimum Gasteiger partial charge on any atom is -0.497 e. The van der Waals surface area contributed by atoms with E-state index in [1.807, 2.05) is 13.0 Å². The fraction of sp³-hybridized carbons (Fsp3) is 0.611. The summed E-state index contributed by atoms with van der Waals surface area (Å²) >= 11 is 0. The molecule has 1 N–H and O–H groups in total. The highest BCUT2D eigenvalue weighted by atomic mass is 32.2. The van der Waals surface area contributed by atoms with Crippen LogP contribution in [0.1, 0.15) is 31.4 Å². The molecule has 1 heterocycles. The minimum absolute atomic E-state index is 0.161. The van der Waals surface area contributed by atoms with E-state index in [0.29, 0.717) is 30.9 Å². The molecule has 2 atom stereocenters. The van der Waals surface area contributed by atoms with Crippen LogP contribution in [-0.2, 0) is 15.0 Å². The number of nitrogens with zero attached hydrogens (tertiary/aromatic N) is 2. The SMILES string of the molecule is COc1ccc(OC)c(C(C)NC(=O)C2CCCN(S(=O)(=O)N(C)C)C2)c1. The second-order valence-corrected chi connectivity index (χ2v) is 8.97. The third kappa shape index (κ3) is 4.91. The van der Waals surface area contributed by atoms with Crippen LogP contribution in [0.15, 0.2) is 18.2 Å². The first-order valence-electron chi connectivity index (χ1n) is 8.90. The Balaban J connectivity index is 2.10. The van der Waals surface area contributed by atoms with Crippen LogP contribution in [-0.4, -0.2) is 64.3 Å². The molecule has 1 aliphatic rings. The molecule has 0 spiro atoms. The molecule has 1 aliphatic heterocycles. The van der Waals surface area contributed by atoms with Gasteiger partial charge in [-0.1, -0.05) is 0 Å². The van der Waals surface area contributed by atoms with E-state index < -0.39 is 10.2 Å². The zero-order valence-electron chi connectivity index (χ0n) is 16.6. The zero-order chi connectivity index (χ0) is 20.2. The number of hydrogen-bond acceptors (Lipinski definition) is 5. The maximum atomic E-state index is 12.8. The van der Waals surface area contributed by atoms with Crippen LogP contribution < -0.4 is 14.8 Å². The molecule has 1 fully saturated rings. The highest BCUT2D eigenvalue weighted by Crippen LogP contribution is 2.30. The Morgan fingerprint density at radius 2 is 2.00 bits per heavy atom. The van der Waals surface area contributed by atoms with Crippen molar-refractivity contribution in [3.63, 3.8) is 0 Å². The van der Waals surface area contributed by atoms with Gasteiger partial charge in [0.15, 0.2) is 0 Å². The number of amides is 1. The predicted octanol–water partition coefficient (Wildman–Crippen LogP) is 1.40. The van der Waals surface area contributed by atoms with Crippen molar-refractivity contribution in [2.75, 3.05) is 41.4 Å². The van der Waals surface area contributed by atoms with Crippen molar-refractivity contribution in [1.82, 2.24) is 13.9 Å². The average Bonchev–Trinajstić information content (AvgIpc) is 2.67. The van der Waals surface area contributed by atoms with Gasteiger partial charge in [0.1, 0.15) is 11.5 Å². The molecule has 2 rings (SSSR count). The molecule has 27 heavy (non-hydrogen) atoms. The Bertz CT molecular complexity index is 766. The van der Waals surface area contributed by atoms with Crippen molar-refractivity contribution >= 4 is 16.1 Å². The van der Waals surface area contributed by atoms with Crippen LogP contribution >= 0.6 is 0 Å². The predicted molar refractivity (Wildman–Crippen MR) is 103 cm³/mol. The molecule has 0 aliphatic carbocycles. The number of carbonyl (C=O) groups excluding carboxylic acids is 1. The minimum atomic E-state index is -3.52. The fourth-order valence-corrected chi connectivity index (χ4v) is 4.37. The van der Waals surface area contributed by atoms with Crippen LogP contribution in [0.2, 0.25) is 0 Å². The highest BCUT2D eigenvalue weighted by Gasteiger charge is 2.34. The molecule has 0 saturated carbocycles. The largest absolute Gasteiger partial charge is 0.497 e. The highest BCUT2D eigenvalue weighted by molar-refractivity contribution is 7.86. The summed E-state index contributed by atoms with van der Waals surface area (Å²) in [5, 5.41) is 2.98. The molecular weight excluding hydrogens is 370 g/mol. The number of ether oxygens (including phenoxy) is 2. The van der Waals surface area contributed by atoms with Gasteiger partial charge >= 0.3 is 0 Å². The number of carbonyl (C=O) groups is 1. The summed E-state index contributed by atoms with van der Waals surface area (Å²) in [6, 6.07) is 5.11. The molecule has 9 heteroatoms. The van der Waals surface area contributed by atoms with Gasteiger partial charge in [-0.05, 0) is 38.0 Å². The lowest BCUT2D eigenvalue weighted by atomic mass is 9.97. The van der Waals surface area contributed by atoms with Gasteiger partial charge in [-0.15, -0.1) is 0 Å². The Hall–Kier alpha value is -1.84. The molecule has 2 unspecified atom stereocenters. The molecule has 152 valence electrons. The molecule has 0 bridgehead atoms. The molecule has 0 aromatic heterocycles. The lowest BCUT2D eigenvalue weighted by molar-refractivity contribution is -0.126. The lowest BCUT2D eigenvalue weighted by Crippen LogP contribution is -2.49. The molecule has 0 radical (unpaired) electrons. The van der Waals surface area contributed by atoms with Crippen LogP contribution in [0.4, 0.5) is 0 Å². The van der Waals surface area contributed by atoms with Gasteiger partial charge in [0.25, 0.3) is 10.2 Å². The number of methoxy groups -OCH3 is 2. The van der Waals surface area contributed by atoms with Gasteiger partial charge in [0.2, 0.25) is 5.91 Å². The Labute approximate surface area is 161 Å². The van der Waals surface area contributed by atoms with E-state index in [2.05, 4.69) is 5.32 Å². The maximum absolute atomic E-state index is 12.8. The van der Waals surface area contributed by atoms with Crippen LogP contribution in [0.25, 0.3) is 0 Å². The Morgan fingerprint density at radius 3 is 2.59 bits per heavy atom. The van der Waals surface area contributed by atoms with E-state index in [0.717, 1.165) is 5.56 Å². The summed E-state index contributed by atoms with van der Waals surface area (Å²) in [7, 11) is 2.63. The third-order valence-corrected chi connectivity index (χ3v) is 6.71. The van der Waals surface area contributed by atoms with Gasteiger partial charge in [0.05, 0.1) is 26.2 Å². The van der Waals surface area contributed by atoms with Gasteiger partial charge < -0.3 is 14.8 Å². The molecule has 1 aromatic rings. The first-order chi connectivity index (χ1) is 12.7. The van der Waals surface area contributed by atoms with Gasteiger partial charge in [0, 0.05) is 32.7 Å². The van der Waals surface area contributed by atoms with E-state index in [-0.39, 0.29) is 24.4 Å². The van der Waals surface area contributed by atoms with Gasteiger partial charge in [-0.3, -0.25) is 4.79 Å². The quantitative estimate of drug-likeness (QED) is 0.749. The van der Waals surface area contributed by atoms with E-state index in [4.69, 9.17) is 9.47 Å². The summed E-state index contributed by atoms with van der Waals surface area (Å²) in [5.74, 6) is 0.787. The number of hydrogen-bond donors (Lipinski definition) is 1. The fourth-order valence-electron chi connectivity index (χ4n) is 3.18. The number of nitrogens with one attached hydrogen (secondary N) is 1. The molecular formula is C18H29N3O5S. The number of benzene rings is 1. The van der Waals surface area contributed by atoms with E-state index in [1.54, 1.807) is 26.4 Å². The van der Waals surface area contributed by atoms with Gasteiger partial charge in [-0.2, -0.15) is 17.0 Å². The molecule has 8 nitrogen and oxygen atoms in total. The van der Waals surface area contributed by atoms with E-state index in [1.165, 1.54) is 22.7 Å². The van der Waals surface area contributed by atoms with Crippen molar-refractivity contribution < 1.29 is 22.7 Å². The maximum Gasteiger partial charge on any atom is 0.281 e. The second kappa shape index (κ2) is 8.90. The van der Waals surface area contributed by atoms with E-state index >= 15 is 0 Å². The summed E-state index contributed by atoms with van der Waals surface area (Å²) in [6.45, 7) is 2.49. The Morgan fingerprint density at radius 1 is 1.30 bits per heavy atom.